The lowest BCUT2D eigenvalue weighted by atomic mass is 10.0. The number of benzene rings is 2. The molecule has 26 heavy (non-hydrogen) atoms. The monoisotopic (exact) mass is 379 g/mol. The summed E-state index contributed by atoms with van der Waals surface area (Å²) in [6.07, 6.45) is 3.12. The van der Waals surface area contributed by atoms with Crippen LogP contribution in [0, 0.1) is 0 Å². The first-order chi connectivity index (χ1) is 12.3. The van der Waals surface area contributed by atoms with Crippen LogP contribution >= 0.6 is 0 Å². The van der Waals surface area contributed by atoms with Crippen molar-refractivity contribution < 1.29 is 22.1 Å². The van der Waals surface area contributed by atoms with Crippen LogP contribution in [0.15, 0.2) is 36.4 Å². The molecule has 1 N–H and O–H groups in total. The van der Waals surface area contributed by atoms with Crippen LogP contribution in [0.4, 0.5) is 0 Å². The summed E-state index contributed by atoms with van der Waals surface area (Å²) in [6, 6.07) is 12.0. The van der Waals surface area contributed by atoms with Crippen LogP contribution in [0.3, 0.4) is 0 Å². The second-order valence-electron chi connectivity index (χ2n) is 6.11. The van der Waals surface area contributed by atoms with Crippen LogP contribution in [0.25, 0.3) is 10.8 Å². The van der Waals surface area contributed by atoms with E-state index in [1.165, 1.54) is 6.92 Å². The van der Waals surface area contributed by atoms with Gasteiger partial charge in [-0.15, -0.1) is 0 Å². The van der Waals surface area contributed by atoms with Gasteiger partial charge in [0.25, 0.3) is 10.1 Å². The van der Waals surface area contributed by atoms with E-state index in [9.17, 15) is 13.2 Å². The quantitative estimate of drug-likeness (QED) is 0.507. The van der Waals surface area contributed by atoms with Gasteiger partial charge in [-0.1, -0.05) is 24.3 Å². The summed E-state index contributed by atoms with van der Waals surface area (Å²) in [5, 5.41) is 5.04. The summed E-state index contributed by atoms with van der Waals surface area (Å²) < 4.78 is 32.2. The zero-order valence-corrected chi connectivity index (χ0v) is 16.0. The molecule has 142 valence electrons. The predicted octanol–water partition coefficient (Wildman–Crippen LogP) is 2.65. The Labute approximate surface area is 154 Å². The van der Waals surface area contributed by atoms with Crippen LogP contribution in [0.1, 0.15) is 25.3 Å². The first-order valence-corrected chi connectivity index (χ1v) is 10.4. The number of rotatable bonds is 10. The van der Waals surface area contributed by atoms with Gasteiger partial charge in [0.05, 0.1) is 19.5 Å². The van der Waals surface area contributed by atoms with Gasteiger partial charge in [-0.3, -0.25) is 8.98 Å². The Morgan fingerprint density at radius 3 is 2.62 bits per heavy atom. The maximum atomic E-state index is 11.0. The molecule has 0 saturated heterocycles. The molecule has 0 aliphatic rings. The van der Waals surface area contributed by atoms with Crippen molar-refractivity contribution in [3.8, 4) is 5.75 Å². The normalized spacial score (nSPS) is 11.5. The fraction of sp³-hybridized carbons (Fsp3) is 0.421. The van der Waals surface area contributed by atoms with Gasteiger partial charge in [-0.25, -0.2) is 0 Å². The third kappa shape index (κ3) is 7.01. The largest absolute Gasteiger partial charge is 0.494 e. The topological polar surface area (TPSA) is 81.7 Å². The first kappa shape index (κ1) is 20.2. The number of amides is 1. The Morgan fingerprint density at radius 2 is 1.88 bits per heavy atom. The summed E-state index contributed by atoms with van der Waals surface area (Å²) in [7, 11) is -3.37. The lowest BCUT2D eigenvalue weighted by molar-refractivity contribution is -0.118. The van der Waals surface area contributed by atoms with E-state index in [0.29, 0.717) is 26.0 Å². The van der Waals surface area contributed by atoms with E-state index in [-0.39, 0.29) is 12.5 Å². The van der Waals surface area contributed by atoms with Crippen molar-refractivity contribution in [1.29, 1.82) is 0 Å². The van der Waals surface area contributed by atoms with E-state index >= 15 is 0 Å². The molecule has 1 amide bonds. The maximum absolute atomic E-state index is 11.0. The summed E-state index contributed by atoms with van der Waals surface area (Å²) in [5.74, 6) is 0.739. The summed E-state index contributed by atoms with van der Waals surface area (Å²) >= 11 is 0. The van der Waals surface area contributed by atoms with Crippen LogP contribution in [0.5, 0.6) is 5.75 Å². The van der Waals surface area contributed by atoms with Crippen molar-refractivity contribution in [3.63, 3.8) is 0 Å². The molecule has 0 heterocycles. The smallest absolute Gasteiger partial charge is 0.264 e. The molecule has 2 aromatic carbocycles. The van der Waals surface area contributed by atoms with E-state index in [2.05, 4.69) is 11.4 Å². The Hall–Kier alpha value is -2.12. The fourth-order valence-electron chi connectivity index (χ4n) is 2.60. The third-order valence-corrected chi connectivity index (χ3v) is 4.41. The number of nitrogens with one attached hydrogen (secondary N) is 1. The van der Waals surface area contributed by atoms with Crippen molar-refractivity contribution in [2.24, 2.45) is 0 Å². The summed E-state index contributed by atoms with van der Waals surface area (Å²) in [4.78, 5) is 11.0. The minimum absolute atomic E-state index is 0.0332. The SMILES string of the molecule is CC(=O)NCCc1cccc2ccc(OCCCCOS(C)(=O)=O)cc12. The molecule has 0 aliphatic heterocycles. The second-order valence-corrected chi connectivity index (χ2v) is 7.76. The van der Waals surface area contributed by atoms with Crippen molar-refractivity contribution in [3.05, 3.63) is 42.0 Å². The number of unbranched alkanes of at least 4 members (excludes halogenated alkanes) is 1. The van der Waals surface area contributed by atoms with Crippen LogP contribution in [-0.2, 0) is 25.5 Å². The fourth-order valence-corrected chi connectivity index (χ4v) is 3.02. The van der Waals surface area contributed by atoms with Gasteiger partial charge in [-0.2, -0.15) is 8.42 Å². The number of ether oxygens (including phenoxy) is 1. The van der Waals surface area contributed by atoms with Crippen molar-refractivity contribution in [2.75, 3.05) is 26.0 Å². The van der Waals surface area contributed by atoms with Crippen molar-refractivity contribution in [1.82, 2.24) is 5.32 Å². The lowest BCUT2D eigenvalue weighted by Gasteiger charge is -2.11. The molecule has 0 unspecified atom stereocenters. The highest BCUT2D eigenvalue weighted by Crippen LogP contribution is 2.24. The van der Waals surface area contributed by atoms with Crippen molar-refractivity contribution >= 4 is 26.8 Å². The average molecular weight is 379 g/mol. The summed E-state index contributed by atoms with van der Waals surface area (Å²) in [5.41, 5.74) is 1.16. The Balaban J connectivity index is 1.91. The van der Waals surface area contributed by atoms with Gasteiger partial charge in [0.1, 0.15) is 5.75 Å². The van der Waals surface area contributed by atoms with E-state index in [4.69, 9.17) is 8.92 Å². The molecular formula is C19H25NO5S. The van der Waals surface area contributed by atoms with Gasteiger partial charge in [0.2, 0.25) is 5.91 Å². The van der Waals surface area contributed by atoms with Crippen molar-refractivity contribution in [2.45, 2.75) is 26.2 Å². The Kier molecular flexibility index (Phi) is 7.41. The number of hydrogen-bond acceptors (Lipinski definition) is 5. The van der Waals surface area contributed by atoms with E-state index in [0.717, 1.165) is 34.8 Å². The second kappa shape index (κ2) is 9.54. The van der Waals surface area contributed by atoms with Gasteiger partial charge in [0, 0.05) is 13.5 Å². The number of carbonyl (C=O) groups excluding carboxylic acids is 1. The zero-order valence-electron chi connectivity index (χ0n) is 15.2. The highest BCUT2D eigenvalue weighted by Gasteiger charge is 2.05. The van der Waals surface area contributed by atoms with E-state index in [1.54, 1.807) is 0 Å². The lowest BCUT2D eigenvalue weighted by Crippen LogP contribution is -2.22. The molecule has 0 radical (unpaired) electrons. The van der Waals surface area contributed by atoms with Crippen LogP contribution in [0.2, 0.25) is 0 Å². The van der Waals surface area contributed by atoms with Crippen LogP contribution in [-0.4, -0.2) is 40.3 Å². The molecule has 0 spiro atoms. The minimum Gasteiger partial charge on any atom is -0.494 e. The molecule has 2 rings (SSSR count). The molecule has 0 saturated carbocycles. The van der Waals surface area contributed by atoms with Gasteiger partial charge in [-0.05, 0) is 47.7 Å². The number of fused-ring (bicyclic) bond motifs is 1. The standard InChI is InChI=1S/C19H25NO5S/c1-15(21)20-11-10-17-7-5-6-16-8-9-18(14-19(16)17)24-12-3-4-13-25-26(2,22)23/h5-9,14H,3-4,10-13H2,1-2H3,(H,20,21). The summed E-state index contributed by atoms with van der Waals surface area (Å²) in [6.45, 7) is 2.77. The molecule has 0 aliphatic carbocycles. The minimum atomic E-state index is -3.37. The number of carbonyl (C=O) groups is 1. The van der Waals surface area contributed by atoms with E-state index in [1.807, 2.05) is 30.3 Å². The van der Waals surface area contributed by atoms with E-state index < -0.39 is 10.1 Å². The molecule has 0 fully saturated rings. The molecule has 7 heteroatoms. The van der Waals surface area contributed by atoms with Crippen LogP contribution < -0.4 is 10.1 Å². The molecular weight excluding hydrogens is 354 g/mol. The molecule has 6 nitrogen and oxygen atoms in total. The highest BCUT2D eigenvalue weighted by atomic mass is 32.2. The maximum Gasteiger partial charge on any atom is 0.264 e. The highest BCUT2D eigenvalue weighted by molar-refractivity contribution is 7.85. The predicted molar refractivity (Wildman–Crippen MR) is 102 cm³/mol. The zero-order chi connectivity index (χ0) is 19.0. The average Bonchev–Trinajstić information content (AvgIpc) is 2.57. The Bertz CT molecular complexity index is 848. The Morgan fingerprint density at radius 1 is 1.12 bits per heavy atom. The first-order valence-electron chi connectivity index (χ1n) is 8.58. The van der Waals surface area contributed by atoms with Gasteiger partial charge in [0.15, 0.2) is 0 Å². The molecule has 2 aromatic rings. The van der Waals surface area contributed by atoms with Gasteiger partial charge >= 0.3 is 0 Å². The third-order valence-electron chi connectivity index (χ3n) is 3.82. The molecule has 0 aromatic heterocycles. The molecule has 0 bridgehead atoms. The van der Waals surface area contributed by atoms with Gasteiger partial charge < -0.3 is 10.1 Å². The number of hydrogen-bond donors (Lipinski definition) is 1. The molecule has 0 atom stereocenters.